The van der Waals surface area contributed by atoms with Crippen LogP contribution in [-0.4, -0.2) is 35.5 Å². The number of para-hydroxylation sites is 1. The number of hydrogen-bond donors (Lipinski definition) is 1. The second kappa shape index (κ2) is 8.13. The molecule has 0 bridgehead atoms. The summed E-state index contributed by atoms with van der Waals surface area (Å²) in [5.41, 5.74) is -0.507. The third-order valence-corrected chi connectivity index (χ3v) is 7.20. The van der Waals surface area contributed by atoms with E-state index in [0.717, 1.165) is 17.8 Å². The molecule has 3 aromatic rings. The number of rotatable bonds is 6. The van der Waals surface area contributed by atoms with Crippen LogP contribution in [0.15, 0.2) is 40.1 Å². The van der Waals surface area contributed by atoms with E-state index >= 15 is 0 Å². The Morgan fingerprint density at radius 3 is 2.59 bits per heavy atom. The lowest BCUT2D eigenvalue weighted by molar-refractivity contribution is -0.141. The average Bonchev–Trinajstić information content (AvgIpc) is 2.90. The molecule has 0 aliphatic rings. The van der Waals surface area contributed by atoms with Crippen LogP contribution in [0.2, 0.25) is 5.15 Å². The van der Waals surface area contributed by atoms with Gasteiger partial charge in [0.15, 0.2) is 0 Å². The predicted molar refractivity (Wildman–Crippen MR) is 106 cm³/mol. The van der Waals surface area contributed by atoms with E-state index < -0.39 is 21.9 Å². The first kappa shape index (κ1) is 21.9. The lowest BCUT2D eigenvalue weighted by Gasteiger charge is -2.12. The highest BCUT2D eigenvalue weighted by atomic mass is 35.5. The van der Waals surface area contributed by atoms with E-state index in [-0.39, 0.29) is 33.6 Å². The lowest BCUT2D eigenvalue weighted by Crippen LogP contribution is -2.26. The number of aromatic nitrogens is 3. The largest absolute Gasteiger partial charge is 0.433 e. The quantitative estimate of drug-likeness (QED) is 0.440. The molecule has 2 heterocycles. The molecule has 12 heteroatoms. The zero-order valence-corrected chi connectivity index (χ0v) is 17.7. The molecule has 0 atom stereocenters. The number of alkyl halides is 3. The van der Waals surface area contributed by atoms with Crippen molar-refractivity contribution in [2.45, 2.75) is 22.9 Å². The minimum Gasteiger partial charge on any atom is -0.255 e. The topological polar surface area (TPSA) is 76.9 Å². The number of nitrogens with one attached hydrogen (secondary N) is 1. The van der Waals surface area contributed by atoms with Crippen LogP contribution < -0.4 is 4.72 Å². The Bertz CT molecular complexity index is 1160. The molecule has 29 heavy (non-hydrogen) atoms. The number of nitrogens with zero attached hydrogens (tertiary/aromatic N) is 3. The zero-order valence-electron chi connectivity index (χ0n) is 15.3. The van der Waals surface area contributed by atoms with Gasteiger partial charge in [-0.25, -0.2) is 18.1 Å². The van der Waals surface area contributed by atoms with E-state index in [0.29, 0.717) is 10.3 Å². The summed E-state index contributed by atoms with van der Waals surface area (Å²) in [6.07, 6.45) is -4.57. The van der Waals surface area contributed by atoms with Crippen LogP contribution in [-0.2, 0) is 23.2 Å². The second-order valence-corrected chi connectivity index (χ2v) is 9.29. The Balaban J connectivity index is 1.76. The first-order chi connectivity index (χ1) is 13.5. The number of thioether (sulfide) groups is 1. The molecule has 3 rings (SSSR count). The maximum Gasteiger partial charge on any atom is 0.433 e. The first-order valence-corrected chi connectivity index (χ1v) is 11.1. The Hall–Kier alpha value is -1.82. The molecule has 0 fully saturated rings. The molecule has 0 unspecified atom stereocenters. The summed E-state index contributed by atoms with van der Waals surface area (Å²) < 4.78 is 68.0. The number of pyridine rings is 1. The van der Waals surface area contributed by atoms with Crippen LogP contribution in [0.1, 0.15) is 11.4 Å². The molecule has 1 aromatic carbocycles. The maximum absolute atomic E-state index is 13.1. The third kappa shape index (κ3) is 4.68. The predicted octanol–water partition coefficient (Wildman–Crippen LogP) is 4.02. The van der Waals surface area contributed by atoms with Crippen LogP contribution >= 0.6 is 23.4 Å². The van der Waals surface area contributed by atoms with Gasteiger partial charge in [0.05, 0.1) is 11.2 Å². The molecule has 6 nitrogen and oxygen atoms in total. The fraction of sp³-hybridized carbons (Fsp3) is 0.294. The van der Waals surface area contributed by atoms with Crippen molar-refractivity contribution in [3.63, 3.8) is 0 Å². The van der Waals surface area contributed by atoms with Gasteiger partial charge in [-0.3, -0.25) is 4.68 Å². The summed E-state index contributed by atoms with van der Waals surface area (Å²) in [4.78, 5) is 3.92. The number of fused-ring (bicyclic) bond motifs is 1. The second-order valence-electron chi connectivity index (χ2n) is 6.10. The fourth-order valence-electron chi connectivity index (χ4n) is 2.73. The highest BCUT2D eigenvalue weighted by molar-refractivity contribution is 7.99. The summed E-state index contributed by atoms with van der Waals surface area (Å²) in [5, 5.41) is 4.52. The molecule has 0 spiro atoms. The maximum atomic E-state index is 13.1. The Morgan fingerprint density at radius 2 is 1.97 bits per heavy atom. The van der Waals surface area contributed by atoms with Gasteiger partial charge in [0, 0.05) is 29.6 Å². The van der Waals surface area contributed by atoms with Crippen molar-refractivity contribution in [2.24, 2.45) is 7.05 Å². The zero-order chi connectivity index (χ0) is 21.4. The van der Waals surface area contributed by atoms with Gasteiger partial charge in [-0.05, 0) is 19.1 Å². The van der Waals surface area contributed by atoms with E-state index in [1.807, 2.05) is 0 Å². The summed E-state index contributed by atoms with van der Waals surface area (Å²) in [7, 11) is -2.38. The van der Waals surface area contributed by atoms with Crippen molar-refractivity contribution in [1.29, 1.82) is 0 Å². The van der Waals surface area contributed by atoms with Crippen molar-refractivity contribution in [2.75, 3.05) is 12.3 Å². The molecule has 2 aromatic heterocycles. The number of sulfonamides is 1. The first-order valence-electron chi connectivity index (χ1n) is 8.29. The molecule has 0 aliphatic carbocycles. The molecule has 156 valence electrons. The number of aryl methyl sites for hydroxylation is 2. The molecular formula is C17H16ClF3N4O2S2. The van der Waals surface area contributed by atoms with E-state index in [9.17, 15) is 21.6 Å². The van der Waals surface area contributed by atoms with E-state index in [1.165, 1.54) is 24.7 Å². The van der Waals surface area contributed by atoms with Gasteiger partial charge in [0.2, 0.25) is 10.0 Å². The summed E-state index contributed by atoms with van der Waals surface area (Å²) in [6, 6.07) is 7.47. The minimum absolute atomic E-state index is 0.00430. The van der Waals surface area contributed by atoms with Crippen molar-refractivity contribution < 1.29 is 21.6 Å². The average molecular weight is 465 g/mol. The van der Waals surface area contributed by atoms with Gasteiger partial charge >= 0.3 is 6.18 Å². The van der Waals surface area contributed by atoms with E-state index in [4.69, 9.17) is 11.6 Å². The van der Waals surface area contributed by atoms with Gasteiger partial charge < -0.3 is 0 Å². The lowest BCUT2D eigenvalue weighted by atomic mass is 10.2. The minimum atomic E-state index is -4.57. The molecular weight excluding hydrogens is 449 g/mol. The summed E-state index contributed by atoms with van der Waals surface area (Å²) >= 11 is 7.10. The Labute approximate surface area is 174 Å². The normalized spacial score (nSPS) is 12.6. The van der Waals surface area contributed by atoms with Gasteiger partial charge in [-0.1, -0.05) is 29.8 Å². The van der Waals surface area contributed by atoms with Crippen LogP contribution in [0.25, 0.3) is 10.9 Å². The Morgan fingerprint density at radius 1 is 1.28 bits per heavy atom. The smallest absolute Gasteiger partial charge is 0.255 e. The molecule has 0 saturated heterocycles. The van der Waals surface area contributed by atoms with E-state index in [1.54, 1.807) is 18.2 Å². The van der Waals surface area contributed by atoms with Crippen LogP contribution in [0.3, 0.4) is 0 Å². The Kier molecular flexibility index (Phi) is 6.13. The number of hydrogen-bond acceptors (Lipinski definition) is 5. The fourth-order valence-corrected chi connectivity index (χ4v) is 5.59. The van der Waals surface area contributed by atoms with Crippen LogP contribution in [0.5, 0.6) is 0 Å². The highest BCUT2D eigenvalue weighted by Crippen LogP contribution is 2.34. The van der Waals surface area contributed by atoms with Crippen molar-refractivity contribution in [3.05, 3.63) is 46.9 Å². The van der Waals surface area contributed by atoms with Gasteiger partial charge in [0.25, 0.3) is 0 Å². The standard InChI is InChI=1S/C17H16ClF3N4O2S2/c1-10-15(16(18)25(2)24-10)29(26,27)22-7-8-28-13-9-14(17(19,20)21)23-12-6-4-3-5-11(12)13/h3-6,9,22H,7-8H2,1-2H3. The van der Waals surface area contributed by atoms with Crippen molar-refractivity contribution in [1.82, 2.24) is 19.5 Å². The monoisotopic (exact) mass is 464 g/mol. The molecule has 0 radical (unpaired) electrons. The molecule has 1 N–H and O–H groups in total. The third-order valence-electron chi connectivity index (χ3n) is 3.99. The molecule has 0 saturated carbocycles. The number of halogens is 4. The van der Waals surface area contributed by atoms with E-state index in [2.05, 4.69) is 14.8 Å². The van der Waals surface area contributed by atoms with Gasteiger partial charge in [0.1, 0.15) is 15.7 Å². The van der Waals surface area contributed by atoms with Crippen molar-refractivity contribution >= 4 is 44.3 Å². The van der Waals surface area contributed by atoms with Crippen LogP contribution in [0, 0.1) is 6.92 Å². The van der Waals surface area contributed by atoms with Crippen molar-refractivity contribution in [3.8, 4) is 0 Å². The van der Waals surface area contributed by atoms with Crippen LogP contribution in [0.4, 0.5) is 13.2 Å². The highest BCUT2D eigenvalue weighted by Gasteiger charge is 2.33. The van der Waals surface area contributed by atoms with Gasteiger partial charge in [-0.2, -0.15) is 18.3 Å². The van der Waals surface area contributed by atoms with Gasteiger partial charge in [-0.15, -0.1) is 11.8 Å². The SMILES string of the molecule is Cc1nn(C)c(Cl)c1S(=O)(=O)NCCSc1cc(C(F)(F)F)nc2ccccc12. The number of benzene rings is 1. The summed E-state index contributed by atoms with van der Waals surface area (Å²) in [5.74, 6) is 0.210. The summed E-state index contributed by atoms with van der Waals surface area (Å²) in [6.45, 7) is 1.52. The molecule has 0 amide bonds. The molecule has 0 aliphatic heterocycles.